The molecule has 1 saturated heterocycles. The fourth-order valence-corrected chi connectivity index (χ4v) is 3.59. The first-order chi connectivity index (χ1) is 12.7. The molecule has 0 aliphatic carbocycles. The van der Waals surface area contributed by atoms with Gasteiger partial charge in [-0.3, -0.25) is 9.69 Å². The van der Waals surface area contributed by atoms with Gasteiger partial charge in [0.2, 0.25) is 5.91 Å². The number of carbonyl (C=O) groups excluding carboxylic acids is 1. The molecule has 2 N–H and O–H groups in total. The van der Waals surface area contributed by atoms with Gasteiger partial charge in [-0.25, -0.2) is 4.98 Å². The van der Waals surface area contributed by atoms with Crippen LogP contribution in [0.1, 0.15) is 24.6 Å². The summed E-state index contributed by atoms with van der Waals surface area (Å²) in [6.45, 7) is 2.21. The summed E-state index contributed by atoms with van der Waals surface area (Å²) in [6, 6.07) is 15.3. The van der Waals surface area contributed by atoms with Gasteiger partial charge in [0.25, 0.3) is 0 Å². The zero-order valence-corrected chi connectivity index (χ0v) is 15.2. The summed E-state index contributed by atoms with van der Waals surface area (Å²) >= 11 is 5.87. The molecule has 2 aromatic carbocycles. The number of nitrogens with one attached hydrogen (secondary N) is 2. The van der Waals surface area contributed by atoms with E-state index in [0.29, 0.717) is 17.5 Å². The fraction of sp³-hybridized carbons (Fsp3) is 0.300. The Morgan fingerprint density at radius 1 is 1.15 bits per heavy atom. The van der Waals surface area contributed by atoms with Crippen LogP contribution in [-0.2, 0) is 4.79 Å². The van der Waals surface area contributed by atoms with Crippen LogP contribution in [0, 0.1) is 0 Å². The van der Waals surface area contributed by atoms with Crippen LogP contribution >= 0.6 is 11.6 Å². The molecule has 1 aliphatic rings. The maximum Gasteiger partial charge on any atom is 0.238 e. The number of halogens is 1. The third kappa shape index (κ3) is 3.89. The summed E-state index contributed by atoms with van der Waals surface area (Å²) in [6.07, 6.45) is 2.02. The SMILES string of the molecule is O=C(CN1CCC(c2nc3ccccc3[nH]2)CC1)Nc1ccc(Cl)cc1. The zero-order chi connectivity index (χ0) is 17.9. The predicted molar refractivity (Wildman–Crippen MR) is 105 cm³/mol. The Labute approximate surface area is 157 Å². The normalized spacial score (nSPS) is 16.0. The Morgan fingerprint density at radius 3 is 2.62 bits per heavy atom. The molecule has 4 rings (SSSR count). The minimum atomic E-state index is 0.00881. The van der Waals surface area contributed by atoms with Gasteiger partial charge in [0.15, 0.2) is 0 Å². The van der Waals surface area contributed by atoms with Crippen molar-refractivity contribution in [3.63, 3.8) is 0 Å². The van der Waals surface area contributed by atoms with Gasteiger partial charge in [-0.05, 0) is 62.3 Å². The maximum atomic E-state index is 12.2. The molecule has 0 unspecified atom stereocenters. The summed E-state index contributed by atoms with van der Waals surface area (Å²) in [5.74, 6) is 1.50. The fourth-order valence-electron chi connectivity index (χ4n) is 3.47. The molecule has 0 saturated carbocycles. The van der Waals surface area contributed by atoms with Crippen molar-refractivity contribution in [2.45, 2.75) is 18.8 Å². The second kappa shape index (κ2) is 7.48. The van der Waals surface area contributed by atoms with Gasteiger partial charge >= 0.3 is 0 Å². The van der Waals surface area contributed by atoms with Gasteiger partial charge in [0, 0.05) is 16.6 Å². The van der Waals surface area contributed by atoms with Crippen LogP contribution in [0.3, 0.4) is 0 Å². The first-order valence-electron chi connectivity index (χ1n) is 8.90. The van der Waals surface area contributed by atoms with E-state index in [2.05, 4.69) is 21.3 Å². The predicted octanol–water partition coefficient (Wildman–Crippen LogP) is 4.03. The highest BCUT2D eigenvalue weighted by atomic mass is 35.5. The molecule has 1 aliphatic heterocycles. The standard InChI is InChI=1S/C20H21ClN4O/c21-15-5-7-16(8-6-15)22-19(26)13-25-11-9-14(10-12-25)20-23-17-3-1-2-4-18(17)24-20/h1-8,14H,9-13H2,(H,22,26)(H,23,24). The first-order valence-corrected chi connectivity index (χ1v) is 9.27. The van der Waals surface area contributed by atoms with E-state index in [0.717, 1.165) is 48.5 Å². The lowest BCUT2D eigenvalue weighted by Gasteiger charge is -2.30. The van der Waals surface area contributed by atoms with Crippen molar-refractivity contribution >= 4 is 34.2 Å². The van der Waals surface area contributed by atoms with Gasteiger partial charge in [-0.1, -0.05) is 23.7 Å². The summed E-state index contributed by atoms with van der Waals surface area (Å²) in [4.78, 5) is 22.6. The first kappa shape index (κ1) is 17.1. The number of H-pyrrole nitrogens is 1. The van der Waals surface area contributed by atoms with Crippen molar-refractivity contribution in [3.05, 3.63) is 59.4 Å². The molecule has 26 heavy (non-hydrogen) atoms. The van der Waals surface area contributed by atoms with E-state index in [1.807, 2.05) is 30.3 Å². The maximum absolute atomic E-state index is 12.2. The summed E-state index contributed by atoms with van der Waals surface area (Å²) in [7, 11) is 0. The van der Waals surface area contributed by atoms with E-state index in [-0.39, 0.29) is 5.91 Å². The number of para-hydroxylation sites is 2. The number of benzene rings is 2. The number of imidazole rings is 1. The molecular weight excluding hydrogens is 348 g/mol. The third-order valence-corrected chi connectivity index (χ3v) is 5.13. The molecule has 0 spiro atoms. The number of hydrogen-bond donors (Lipinski definition) is 2. The number of fused-ring (bicyclic) bond motifs is 1. The average Bonchev–Trinajstić information content (AvgIpc) is 3.08. The van der Waals surface area contributed by atoms with Crippen LogP contribution in [0.15, 0.2) is 48.5 Å². The zero-order valence-electron chi connectivity index (χ0n) is 14.4. The van der Waals surface area contributed by atoms with Gasteiger partial charge in [-0.2, -0.15) is 0 Å². The van der Waals surface area contributed by atoms with Crippen molar-refractivity contribution in [2.24, 2.45) is 0 Å². The molecule has 5 nitrogen and oxygen atoms in total. The smallest absolute Gasteiger partial charge is 0.238 e. The number of piperidine rings is 1. The molecule has 0 atom stereocenters. The largest absolute Gasteiger partial charge is 0.342 e. The van der Waals surface area contributed by atoms with Gasteiger partial charge in [-0.15, -0.1) is 0 Å². The molecule has 2 heterocycles. The molecule has 0 bridgehead atoms. The van der Waals surface area contributed by atoms with Crippen LogP contribution in [-0.4, -0.2) is 40.4 Å². The highest BCUT2D eigenvalue weighted by Gasteiger charge is 2.24. The van der Waals surface area contributed by atoms with Crippen LogP contribution in [0.2, 0.25) is 5.02 Å². The second-order valence-corrected chi connectivity index (χ2v) is 7.18. The Hall–Kier alpha value is -2.37. The van der Waals surface area contributed by atoms with E-state index in [1.165, 1.54) is 0 Å². The Morgan fingerprint density at radius 2 is 1.88 bits per heavy atom. The monoisotopic (exact) mass is 368 g/mol. The molecule has 1 fully saturated rings. The molecule has 1 amide bonds. The number of aromatic nitrogens is 2. The van der Waals surface area contributed by atoms with Crippen molar-refractivity contribution < 1.29 is 4.79 Å². The third-order valence-electron chi connectivity index (χ3n) is 4.88. The summed E-state index contributed by atoms with van der Waals surface area (Å²) in [5.41, 5.74) is 2.89. The van der Waals surface area contributed by atoms with E-state index in [4.69, 9.17) is 16.6 Å². The number of likely N-dealkylation sites (tertiary alicyclic amines) is 1. The lowest BCUT2D eigenvalue weighted by atomic mass is 9.96. The molecule has 0 radical (unpaired) electrons. The minimum Gasteiger partial charge on any atom is -0.342 e. The van der Waals surface area contributed by atoms with Gasteiger partial charge in [0.05, 0.1) is 17.6 Å². The van der Waals surface area contributed by atoms with E-state index >= 15 is 0 Å². The summed E-state index contributed by atoms with van der Waals surface area (Å²) in [5, 5.41) is 3.58. The average molecular weight is 369 g/mol. The van der Waals surface area contributed by atoms with Crippen molar-refractivity contribution in [2.75, 3.05) is 25.0 Å². The topological polar surface area (TPSA) is 61.0 Å². The highest BCUT2D eigenvalue weighted by Crippen LogP contribution is 2.27. The molecule has 6 heteroatoms. The van der Waals surface area contributed by atoms with Crippen molar-refractivity contribution in [1.29, 1.82) is 0 Å². The Kier molecular flexibility index (Phi) is 4.91. The van der Waals surface area contributed by atoms with Crippen molar-refractivity contribution in [3.8, 4) is 0 Å². The molecule has 3 aromatic rings. The summed E-state index contributed by atoms with van der Waals surface area (Å²) < 4.78 is 0. The van der Waals surface area contributed by atoms with Crippen LogP contribution in [0.5, 0.6) is 0 Å². The van der Waals surface area contributed by atoms with Crippen LogP contribution in [0.4, 0.5) is 5.69 Å². The number of hydrogen-bond acceptors (Lipinski definition) is 3. The van der Waals surface area contributed by atoms with Crippen LogP contribution in [0.25, 0.3) is 11.0 Å². The lowest BCUT2D eigenvalue weighted by Crippen LogP contribution is -2.38. The Balaban J connectivity index is 1.30. The van der Waals surface area contributed by atoms with E-state index in [9.17, 15) is 4.79 Å². The number of amides is 1. The number of anilines is 1. The number of aromatic amines is 1. The van der Waals surface area contributed by atoms with Crippen LogP contribution < -0.4 is 5.32 Å². The molecular formula is C20H21ClN4O. The second-order valence-electron chi connectivity index (χ2n) is 6.74. The van der Waals surface area contributed by atoms with Crippen molar-refractivity contribution in [1.82, 2.24) is 14.9 Å². The number of rotatable bonds is 4. The lowest BCUT2D eigenvalue weighted by molar-refractivity contribution is -0.117. The quantitative estimate of drug-likeness (QED) is 0.730. The minimum absolute atomic E-state index is 0.00881. The molecule has 1 aromatic heterocycles. The highest BCUT2D eigenvalue weighted by molar-refractivity contribution is 6.30. The van der Waals surface area contributed by atoms with E-state index < -0.39 is 0 Å². The number of nitrogens with zero attached hydrogens (tertiary/aromatic N) is 2. The molecule has 134 valence electrons. The number of carbonyl (C=O) groups is 1. The van der Waals surface area contributed by atoms with Gasteiger partial charge in [0.1, 0.15) is 5.82 Å². The van der Waals surface area contributed by atoms with Gasteiger partial charge < -0.3 is 10.3 Å². The van der Waals surface area contributed by atoms with E-state index in [1.54, 1.807) is 12.1 Å². The Bertz CT molecular complexity index is 865.